The SMILES string of the molecule is CC(C)[C@H](N)c1ccc(Cl)c(Cl)n1. The lowest BCUT2D eigenvalue weighted by atomic mass is 10.0. The van der Waals surface area contributed by atoms with Crippen LogP contribution in [-0.4, -0.2) is 4.98 Å². The fourth-order valence-corrected chi connectivity index (χ4v) is 1.22. The van der Waals surface area contributed by atoms with Crippen LogP contribution in [0.25, 0.3) is 0 Å². The summed E-state index contributed by atoms with van der Waals surface area (Å²) in [7, 11) is 0. The van der Waals surface area contributed by atoms with E-state index >= 15 is 0 Å². The van der Waals surface area contributed by atoms with Gasteiger partial charge < -0.3 is 5.73 Å². The van der Waals surface area contributed by atoms with Gasteiger partial charge >= 0.3 is 0 Å². The van der Waals surface area contributed by atoms with Gasteiger partial charge in [0.05, 0.1) is 10.7 Å². The molecule has 0 aliphatic heterocycles. The second-order valence-corrected chi connectivity index (χ2v) is 4.04. The van der Waals surface area contributed by atoms with Crippen molar-refractivity contribution < 1.29 is 0 Å². The monoisotopic (exact) mass is 218 g/mol. The predicted molar refractivity (Wildman–Crippen MR) is 56.0 cm³/mol. The van der Waals surface area contributed by atoms with Crippen LogP contribution in [0.2, 0.25) is 10.2 Å². The summed E-state index contributed by atoms with van der Waals surface area (Å²) in [5, 5.41) is 0.775. The van der Waals surface area contributed by atoms with E-state index in [9.17, 15) is 0 Å². The number of nitrogens with zero attached hydrogens (tertiary/aromatic N) is 1. The molecule has 1 heterocycles. The summed E-state index contributed by atoms with van der Waals surface area (Å²) < 4.78 is 0. The molecule has 0 aliphatic carbocycles. The summed E-state index contributed by atoms with van der Waals surface area (Å²) in [6, 6.07) is 3.43. The normalized spacial score (nSPS) is 13.4. The van der Waals surface area contributed by atoms with Gasteiger partial charge in [-0.1, -0.05) is 37.0 Å². The molecule has 1 aromatic rings. The number of aromatic nitrogens is 1. The first-order valence-corrected chi connectivity index (χ1v) is 4.85. The van der Waals surface area contributed by atoms with Crippen molar-refractivity contribution in [2.24, 2.45) is 11.7 Å². The minimum Gasteiger partial charge on any atom is -0.322 e. The van der Waals surface area contributed by atoms with Crippen LogP contribution in [0, 0.1) is 5.92 Å². The molecule has 0 saturated heterocycles. The minimum absolute atomic E-state index is 0.0882. The Bertz CT molecular complexity index is 300. The molecule has 0 spiro atoms. The zero-order valence-corrected chi connectivity index (χ0v) is 9.10. The van der Waals surface area contributed by atoms with E-state index in [0.717, 1.165) is 5.69 Å². The van der Waals surface area contributed by atoms with Gasteiger partial charge in [0.25, 0.3) is 0 Å². The Morgan fingerprint density at radius 3 is 2.38 bits per heavy atom. The van der Waals surface area contributed by atoms with Gasteiger partial charge in [-0.2, -0.15) is 0 Å². The van der Waals surface area contributed by atoms with Gasteiger partial charge in [-0.25, -0.2) is 4.98 Å². The van der Waals surface area contributed by atoms with Gasteiger partial charge in [0.15, 0.2) is 0 Å². The molecule has 2 nitrogen and oxygen atoms in total. The molecule has 0 fully saturated rings. The molecule has 0 aliphatic rings. The first-order chi connectivity index (χ1) is 6.02. The minimum atomic E-state index is -0.0882. The van der Waals surface area contributed by atoms with Crippen molar-refractivity contribution in [2.45, 2.75) is 19.9 Å². The Labute approximate surface area is 88.1 Å². The van der Waals surface area contributed by atoms with Crippen molar-refractivity contribution in [1.29, 1.82) is 0 Å². The third kappa shape index (κ3) is 2.56. The van der Waals surface area contributed by atoms with E-state index in [1.807, 2.05) is 13.8 Å². The summed E-state index contributed by atoms with van der Waals surface area (Å²) >= 11 is 11.5. The second kappa shape index (κ2) is 4.27. The van der Waals surface area contributed by atoms with Crippen molar-refractivity contribution in [1.82, 2.24) is 4.98 Å². The van der Waals surface area contributed by atoms with Gasteiger partial charge in [-0.05, 0) is 18.1 Å². The van der Waals surface area contributed by atoms with Crippen molar-refractivity contribution in [3.05, 3.63) is 28.0 Å². The van der Waals surface area contributed by atoms with Crippen LogP contribution in [0.5, 0.6) is 0 Å². The van der Waals surface area contributed by atoms with Gasteiger partial charge in [-0.15, -0.1) is 0 Å². The fourth-order valence-electron chi connectivity index (χ4n) is 0.958. The van der Waals surface area contributed by atoms with E-state index < -0.39 is 0 Å². The Morgan fingerprint density at radius 2 is 1.92 bits per heavy atom. The molecule has 13 heavy (non-hydrogen) atoms. The van der Waals surface area contributed by atoms with Crippen LogP contribution in [0.15, 0.2) is 12.1 Å². The summed E-state index contributed by atoms with van der Waals surface area (Å²) in [5.41, 5.74) is 6.67. The molecule has 0 amide bonds. The second-order valence-electron chi connectivity index (χ2n) is 3.28. The molecule has 2 N–H and O–H groups in total. The van der Waals surface area contributed by atoms with E-state index in [2.05, 4.69) is 4.98 Å². The summed E-state index contributed by atoms with van der Waals surface area (Å²) in [6.07, 6.45) is 0. The lowest BCUT2D eigenvalue weighted by Crippen LogP contribution is -2.18. The molecule has 4 heteroatoms. The third-order valence-electron chi connectivity index (χ3n) is 1.88. The molecule has 72 valence electrons. The number of pyridine rings is 1. The zero-order chi connectivity index (χ0) is 10.0. The quantitative estimate of drug-likeness (QED) is 0.776. The molecular weight excluding hydrogens is 207 g/mol. The highest BCUT2D eigenvalue weighted by atomic mass is 35.5. The van der Waals surface area contributed by atoms with Crippen LogP contribution in [0.1, 0.15) is 25.6 Å². The van der Waals surface area contributed by atoms with Crippen LogP contribution < -0.4 is 5.73 Å². The molecule has 0 radical (unpaired) electrons. The number of nitrogens with two attached hydrogens (primary N) is 1. The van der Waals surface area contributed by atoms with E-state index in [4.69, 9.17) is 28.9 Å². The summed E-state index contributed by atoms with van der Waals surface area (Å²) in [6.45, 7) is 4.07. The molecule has 1 atom stereocenters. The maximum atomic E-state index is 5.89. The van der Waals surface area contributed by atoms with E-state index in [1.54, 1.807) is 12.1 Å². The predicted octanol–water partition coefficient (Wildman–Crippen LogP) is 3.04. The van der Waals surface area contributed by atoms with Gasteiger partial charge in [0.2, 0.25) is 0 Å². The van der Waals surface area contributed by atoms with Gasteiger partial charge in [0.1, 0.15) is 5.15 Å². The van der Waals surface area contributed by atoms with Crippen molar-refractivity contribution in [3.63, 3.8) is 0 Å². The standard InChI is InChI=1S/C9H12Cl2N2/c1-5(2)8(12)7-4-3-6(10)9(11)13-7/h3-5,8H,12H2,1-2H3/t8-/m0/s1. The zero-order valence-electron chi connectivity index (χ0n) is 7.59. The topological polar surface area (TPSA) is 38.9 Å². The molecular formula is C9H12Cl2N2. The number of hydrogen-bond donors (Lipinski definition) is 1. The van der Waals surface area contributed by atoms with Crippen molar-refractivity contribution in [3.8, 4) is 0 Å². The fraction of sp³-hybridized carbons (Fsp3) is 0.444. The molecule has 0 bridgehead atoms. The molecule has 1 rings (SSSR count). The average Bonchev–Trinajstić information content (AvgIpc) is 2.08. The molecule has 0 unspecified atom stereocenters. The van der Waals surface area contributed by atoms with E-state index in [0.29, 0.717) is 16.1 Å². The first kappa shape index (κ1) is 10.8. The largest absolute Gasteiger partial charge is 0.322 e. The lowest BCUT2D eigenvalue weighted by Gasteiger charge is -2.14. The van der Waals surface area contributed by atoms with Gasteiger partial charge in [-0.3, -0.25) is 0 Å². The van der Waals surface area contributed by atoms with Gasteiger partial charge in [0, 0.05) is 6.04 Å². The number of hydrogen-bond acceptors (Lipinski definition) is 2. The van der Waals surface area contributed by atoms with Crippen LogP contribution in [0.4, 0.5) is 0 Å². The van der Waals surface area contributed by atoms with Crippen LogP contribution >= 0.6 is 23.2 Å². The molecule has 1 aromatic heterocycles. The lowest BCUT2D eigenvalue weighted by molar-refractivity contribution is 0.503. The van der Waals surface area contributed by atoms with Crippen molar-refractivity contribution in [2.75, 3.05) is 0 Å². The van der Waals surface area contributed by atoms with Crippen LogP contribution in [0.3, 0.4) is 0 Å². The highest BCUT2D eigenvalue weighted by molar-refractivity contribution is 6.41. The molecule has 0 aromatic carbocycles. The number of rotatable bonds is 2. The third-order valence-corrected chi connectivity index (χ3v) is 2.57. The Hall–Kier alpha value is -0.310. The maximum Gasteiger partial charge on any atom is 0.147 e. The van der Waals surface area contributed by atoms with Crippen molar-refractivity contribution >= 4 is 23.2 Å². The summed E-state index contributed by atoms with van der Waals surface area (Å²) in [5.74, 6) is 0.338. The molecule has 0 saturated carbocycles. The summed E-state index contributed by atoms with van der Waals surface area (Å²) in [4.78, 5) is 4.10. The van der Waals surface area contributed by atoms with Crippen LogP contribution in [-0.2, 0) is 0 Å². The Kier molecular flexibility index (Phi) is 3.54. The smallest absolute Gasteiger partial charge is 0.147 e. The maximum absolute atomic E-state index is 5.89. The highest BCUT2D eigenvalue weighted by Crippen LogP contribution is 2.23. The van der Waals surface area contributed by atoms with E-state index in [-0.39, 0.29) is 6.04 Å². The highest BCUT2D eigenvalue weighted by Gasteiger charge is 2.12. The Morgan fingerprint density at radius 1 is 1.31 bits per heavy atom. The van der Waals surface area contributed by atoms with E-state index in [1.165, 1.54) is 0 Å². The Balaban J connectivity index is 2.97. The first-order valence-electron chi connectivity index (χ1n) is 4.10. The average molecular weight is 219 g/mol. The number of halogens is 2.